The molecule has 100 valence electrons. The van der Waals surface area contributed by atoms with Gasteiger partial charge in [-0.1, -0.05) is 0 Å². The van der Waals surface area contributed by atoms with Crippen molar-refractivity contribution in [2.45, 2.75) is 19.5 Å². The predicted molar refractivity (Wildman–Crippen MR) is 65.4 cm³/mol. The van der Waals surface area contributed by atoms with Crippen molar-refractivity contribution in [1.82, 2.24) is 14.5 Å². The maximum atomic E-state index is 11.7. The molecule has 0 fully saturated rings. The second-order valence-electron chi connectivity index (χ2n) is 4.05. The SMILES string of the molecule is COC[C@H](C)NC(=O)Cn1ccc(=O)n(C)c1=O. The number of methoxy groups -OCH3 is 1. The van der Waals surface area contributed by atoms with Crippen LogP contribution in [0.1, 0.15) is 6.92 Å². The topological polar surface area (TPSA) is 82.3 Å². The minimum atomic E-state index is -0.517. The van der Waals surface area contributed by atoms with Crippen molar-refractivity contribution >= 4 is 5.91 Å². The molecule has 18 heavy (non-hydrogen) atoms. The third-order valence-corrected chi connectivity index (χ3v) is 2.40. The summed E-state index contributed by atoms with van der Waals surface area (Å²) >= 11 is 0. The van der Waals surface area contributed by atoms with Gasteiger partial charge < -0.3 is 10.1 Å². The molecule has 1 heterocycles. The Kier molecular flexibility index (Phi) is 4.85. The van der Waals surface area contributed by atoms with E-state index in [4.69, 9.17) is 4.74 Å². The molecule has 1 aromatic heterocycles. The molecule has 0 aliphatic carbocycles. The Morgan fingerprint density at radius 2 is 2.17 bits per heavy atom. The Morgan fingerprint density at radius 3 is 2.78 bits per heavy atom. The van der Waals surface area contributed by atoms with Gasteiger partial charge in [0.25, 0.3) is 5.56 Å². The van der Waals surface area contributed by atoms with Gasteiger partial charge in [-0.05, 0) is 6.92 Å². The molecule has 0 aliphatic heterocycles. The van der Waals surface area contributed by atoms with Gasteiger partial charge in [0.15, 0.2) is 0 Å². The molecule has 1 aromatic rings. The molecule has 1 atom stereocenters. The predicted octanol–water partition coefficient (Wildman–Crippen LogP) is -1.30. The van der Waals surface area contributed by atoms with Crippen LogP contribution < -0.4 is 16.6 Å². The molecule has 0 saturated carbocycles. The Bertz CT molecular complexity index is 532. The lowest BCUT2D eigenvalue weighted by Crippen LogP contribution is -2.42. The van der Waals surface area contributed by atoms with Crippen LogP contribution in [0.5, 0.6) is 0 Å². The number of aromatic nitrogens is 2. The molecule has 1 rings (SSSR count). The summed E-state index contributed by atoms with van der Waals surface area (Å²) in [6, 6.07) is 1.11. The van der Waals surface area contributed by atoms with Crippen LogP contribution in [0.25, 0.3) is 0 Å². The van der Waals surface area contributed by atoms with E-state index >= 15 is 0 Å². The first-order valence-electron chi connectivity index (χ1n) is 5.50. The molecule has 7 nitrogen and oxygen atoms in total. The van der Waals surface area contributed by atoms with Gasteiger partial charge in [0.1, 0.15) is 6.54 Å². The second-order valence-corrected chi connectivity index (χ2v) is 4.05. The highest BCUT2D eigenvalue weighted by molar-refractivity contribution is 5.75. The van der Waals surface area contributed by atoms with E-state index in [1.807, 2.05) is 0 Å². The molecule has 1 amide bonds. The number of carbonyl (C=O) groups excluding carboxylic acids is 1. The van der Waals surface area contributed by atoms with Crippen molar-refractivity contribution in [3.8, 4) is 0 Å². The Morgan fingerprint density at radius 1 is 1.50 bits per heavy atom. The second kappa shape index (κ2) is 6.15. The summed E-state index contributed by atoms with van der Waals surface area (Å²) in [5, 5.41) is 2.68. The maximum Gasteiger partial charge on any atom is 0.331 e. The Hall–Kier alpha value is -1.89. The molecule has 0 saturated heterocycles. The molecule has 0 unspecified atom stereocenters. The highest BCUT2D eigenvalue weighted by atomic mass is 16.5. The van der Waals surface area contributed by atoms with E-state index in [1.165, 1.54) is 23.9 Å². The fourth-order valence-electron chi connectivity index (χ4n) is 1.50. The number of nitrogens with one attached hydrogen (secondary N) is 1. The van der Waals surface area contributed by atoms with Crippen molar-refractivity contribution in [3.05, 3.63) is 33.1 Å². The highest BCUT2D eigenvalue weighted by Crippen LogP contribution is 1.85. The molecular weight excluding hydrogens is 238 g/mol. The van der Waals surface area contributed by atoms with Gasteiger partial charge in [0, 0.05) is 32.5 Å². The van der Waals surface area contributed by atoms with Crippen LogP contribution in [0.15, 0.2) is 21.9 Å². The van der Waals surface area contributed by atoms with Crippen LogP contribution in [0, 0.1) is 0 Å². The average Bonchev–Trinajstić information content (AvgIpc) is 2.30. The van der Waals surface area contributed by atoms with Crippen LogP contribution in [0.3, 0.4) is 0 Å². The number of carbonyl (C=O) groups is 1. The Labute approximate surface area is 104 Å². The average molecular weight is 255 g/mol. The van der Waals surface area contributed by atoms with E-state index in [0.717, 1.165) is 4.57 Å². The van der Waals surface area contributed by atoms with Gasteiger partial charge in [0.05, 0.1) is 6.61 Å². The minimum absolute atomic E-state index is 0.124. The van der Waals surface area contributed by atoms with Gasteiger partial charge in [-0.2, -0.15) is 0 Å². The lowest BCUT2D eigenvalue weighted by Gasteiger charge is -2.13. The largest absolute Gasteiger partial charge is 0.383 e. The van der Waals surface area contributed by atoms with Crippen molar-refractivity contribution < 1.29 is 9.53 Å². The van der Waals surface area contributed by atoms with Crippen LogP contribution >= 0.6 is 0 Å². The zero-order valence-corrected chi connectivity index (χ0v) is 10.7. The van der Waals surface area contributed by atoms with Crippen molar-refractivity contribution in [3.63, 3.8) is 0 Å². The Balaban J connectivity index is 2.74. The molecular formula is C11H17N3O4. The molecule has 0 radical (unpaired) electrons. The molecule has 0 aliphatic rings. The number of ether oxygens (including phenoxy) is 1. The van der Waals surface area contributed by atoms with E-state index in [-0.39, 0.29) is 18.5 Å². The quantitative estimate of drug-likeness (QED) is 0.709. The number of hydrogen-bond donors (Lipinski definition) is 1. The fraction of sp³-hybridized carbons (Fsp3) is 0.545. The van der Waals surface area contributed by atoms with Crippen LogP contribution in [-0.2, 0) is 23.1 Å². The van der Waals surface area contributed by atoms with Gasteiger partial charge in [0.2, 0.25) is 5.91 Å². The van der Waals surface area contributed by atoms with Crippen molar-refractivity contribution in [2.75, 3.05) is 13.7 Å². The van der Waals surface area contributed by atoms with Crippen molar-refractivity contribution in [2.24, 2.45) is 7.05 Å². The first kappa shape index (κ1) is 14.2. The summed E-state index contributed by atoms with van der Waals surface area (Å²) in [6.07, 6.45) is 1.31. The van der Waals surface area contributed by atoms with Gasteiger partial charge >= 0.3 is 5.69 Å². The van der Waals surface area contributed by atoms with Gasteiger partial charge in [-0.15, -0.1) is 0 Å². The third kappa shape index (κ3) is 3.56. The van der Waals surface area contributed by atoms with E-state index in [1.54, 1.807) is 14.0 Å². The van der Waals surface area contributed by atoms with E-state index < -0.39 is 11.2 Å². The van der Waals surface area contributed by atoms with E-state index in [2.05, 4.69) is 5.32 Å². The lowest BCUT2D eigenvalue weighted by molar-refractivity contribution is -0.122. The summed E-state index contributed by atoms with van der Waals surface area (Å²) in [6.45, 7) is 2.07. The van der Waals surface area contributed by atoms with Crippen LogP contribution in [0.4, 0.5) is 0 Å². The maximum absolute atomic E-state index is 11.7. The molecule has 0 spiro atoms. The summed E-state index contributed by atoms with van der Waals surface area (Å²) in [5.41, 5.74) is -0.915. The summed E-state index contributed by atoms with van der Waals surface area (Å²) in [4.78, 5) is 34.5. The molecule has 0 aromatic carbocycles. The fourth-order valence-corrected chi connectivity index (χ4v) is 1.50. The number of hydrogen-bond acceptors (Lipinski definition) is 4. The molecule has 0 bridgehead atoms. The van der Waals surface area contributed by atoms with Crippen LogP contribution in [-0.4, -0.2) is 34.8 Å². The van der Waals surface area contributed by atoms with Gasteiger partial charge in [-0.25, -0.2) is 4.79 Å². The number of amides is 1. The van der Waals surface area contributed by atoms with Crippen molar-refractivity contribution in [1.29, 1.82) is 0 Å². The third-order valence-electron chi connectivity index (χ3n) is 2.40. The zero-order valence-electron chi connectivity index (χ0n) is 10.7. The zero-order chi connectivity index (χ0) is 13.7. The first-order chi connectivity index (χ1) is 8.45. The van der Waals surface area contributed by atoms with E-state index in [0.29, 0.717) is 6.61 Å². The standard InChI is InChI=1S/C11H17N3O4/c1-8(7-18-3)12-9(15)6-14-5-4-10(16)13(2)11(14)17/h4-5,8H,6-7H2,1-3H3,(H,12,15)/t8-/m0/s1. The van der Waals surface area contributed by atoms with Gasteiger partial charge in [-0.3, -0.25) is 18.7 Å². The van der Waals surface area contributed by atoms with E-state index in [9.17, 15) is 14.4 Å². The molecule has 7 heteroatoms. The summed E-state index contributed by atoms with van der Waals surface area (Å²) < 4.78 is 7.01. The summed E-state index contributed by atoms with van der Waals surface area (Å²) in [7, 11) is 2.91. The monoisotopic (exact) mass is 255 g/mol. The summed E-state index contributed by atoms with van der Waals surface area (Å²) in [5.74, 6) is -0.305. The smallest absolute Gasteiger partial charge is 0.331 e. The number of nitrogens with zero attached hydrogens (tertiary/aromatic N) is 2. The normalized spacial score (nSPS) is 12.2. The number of rotatable bonds is 5. The van der Waals surface area contributed by atoms with Crippen LogP contribution in [0.2, 0.25) is 0 Å². The molecule has 1 N–H and O–H groups in total. The minimum Gasteiger partial charge on any atom is -0.383 e. The lowest BCUT2D eigenvalue weighted by atomic mass is 10.3. The first-order valence-corrected chi connectivity index (χ1v) is 5.50. The highest BCUT2D eigenvalue weighted by Gasteiger charge is 2.09.